The Morgan fingerprint density at radius 3 is 2.45 bits per heavy atom. The van der Waals surface area contributed by atoms with Crippen LogP contribution in [0.3, 0.4) is 0 Å². The van der Waals surface area contributed by atoms with Gasteiger partial charge in [-0.15, -0.1) is 0 Å². The normalized spacial score (nSPS) is 24.8. The topological polar surface area (TPSA) is 172 Å². The lowest BCUT2D eigenvalue weighted by Gasteiger charge is -2.51. The Hall–Kier alpha value is -5.93. The Kier molecular flexibility index (Phi) is 9.08. The number of carbonyl (C=O) groups excluding carboxylic acids is 4. The van der Waals surface area contributed by atoms with Gasteiger partial charge in [0.15, 0.2) is 5.65 Å². The van der Waals surface area contributed by atoms with Crippen LogP contribution in [0.1, 0.15) is 71.0 Å². The number of piperidine rings is 2. The number of likely N-dealkylation sites (tertiary alicyclic amines) is 2. The Balaban J connectivity index is 0.728. The molecule has 3 atom stereocenters. The van der Waals surface area contributed by atoms with E-state index in [1.807, 2.05) is 42.5 Å². The number of carbonyl (C=O) groups is 4. The van der Waals surface area contributed by atoms with E-state index in [-0.39, 0.29) is 36.6 Å². The average molecular weight is 783 g/mol. The summed E-state index contributed by atoms with van der Waals surface area (Å²) >= 11 is 0. The lowest BCUT2D eigenvalue weighted by Crippen LogP contribution is -2.63. The van der Waals surface area contributed by atoms with Crippen molar-refractivity contribution in [2.24, 2.45) is 11.8 Å². The summed E-state index contributed by atoms with van der Waals surface area (Å²) in [5.74, 6) is 0.759. The molecule has 4 fully saturated rings. The minimum absolute atomic E-state index is 0.0134. The summed E-state index contributed by atoms with van der Waals surface area (Å²) in [6.07, 6.45) is 10.0. The predicted octanol–water partition coefficient (Wildman–Crippen LogP) is 3.52. The van der Waals surface area contributed by atoms with Gasteiger partial charge in [0.25, 0.3) is 11.8 Å². The monoisotopic (exact) mass is 782 g/mol. The van der Waals surface area contributed by atoms with Crippen molar-refractivity contribution >= 4 is 46.2 Å². The molecule has 2 aromatic carbocycles. The number of rotatable bonds is 9. The summed E-state index contributed by atoms with van der Waals surface area (Å²) < 4.78 is 8.22. The number of fused-ring (bicyclic) bond motifs is 2. The first kappa shape index (κ1) is 36.4. The van der Waals surface area contributed by atoms with Crippen LogP contribution in [0.4, 0.5) is 11.5 Å². The second-order valence-corrected chi connectivity index (χ2v) is 16.6. The van der Waals surface area contributed by atoms with Crippen LogP contribution in [0.25, 0.3) is 11.0 Å². The van der Waals surface area contributed by atoms with Crippen molar-refractivity contribution < 1.29 is 23.9 Å². The molecule has 5 aliphatic heterocycles. The first-order valence-corrected chi connectivity index (χ1v) is 20.4. The van der Waals surface area contributed by atoms with Crippen LogP contribution < -0.4 is 20.7 Å². The van der Waals surface area contributed by atoms with E-state index in [1.165, 1.54) is 6.33 Å². The second kappa shape index (κ2) is 14.5. The third-order valence-electron chi connectivity index (χ3n) is 12.9. The summed E-state index contributed by atoms with van der Waals surface area (Å²) in [6, 6.07) is 14.9. The van der Waals surface area contributed by atoms with E-state index in [0.29, 0.717) is 28.9 Å². The van der Waals surface area contributed by atoms with Gasteiger partial charge in [-0.25, -0.2) is 14.6 Å². The van der Waals surface area contributed by atoms with Crippen LogP contribution in [0.5, 0.6) is 5.75 Å². The van der Waals surface area contributed by atoms with Crippen molar-refractivity contribution in [3.05, 3.63) is 95.7 Å². The van der Waals surface area contributed by atoms with E-state index in [1.54, 1.807) is 12.1 Å². The van der Waals surface area contributed by atoms with Crippen molar-refractivity contribution in [1.29, 1.82) is 0 Å². The maximum absolute atomic E-state index is 13.6. The standard InChI is InChI=1S/C43H46N10O5/c1-25-18-30(58-29-6-3-2-4-7-29)10-11-31(25)38-37-39(44)45-24-46-40(37)53(48-38)27-14-16-50(17-15-27)28-22-49(23-28)19-26-20-51(21-26)33-9-5-8-32-36(33)43(57)52(42(32)56)34-12-13-35(54)47-41(34)55/h2-11,18,24-28,31,34H,12-17,19-23H2,1H3,(H2,44,45,46)(H,47,54,55). The van der Waals surface area contributed by atoms with Gasteiger partial charge in [0, 0.05) is 70.1 Å². The highest BCUT2D eigenvalue weighted by atomic mass is 16.5. The molecule has 10 rings (SSSR count). The molecule has 15 heteroatoms. The molecule has 0 radical (unpaired) electrons. The molecule has 58 heavy (non-hydrogen) atoms. The first-order valence-electron chi connectivity index (χ1n) is 20.4. The molecule has 6 aliphatic rings. The maximum atomic E-state index is 13.6. The Bertz CT molecular complexity index is 2370. The smallest absolute Gasteiger partial charge is 0.264 e. The van der Waals surface area contributed by atoms with Gasteiger partial charge in [-0.2, -0.15) is 5.10 Å². The number of nitrogens with one attached hydrogen (secondary N) is 1. The number of nitrogens with zero attached hydrogens (tertiary/aromatic N) is 8. The van der Waals surface area contributed by atoms with Crippen LogP contribution in [0, 0.1) is 11.8 Å². The van der Waals surface area contributed by atoms with E-state index >= 15 is 0 Å². The fourth-order valence-electron chi connectivity index (χ4n) is 9.76. The van der Waals surface area contributed by atoms with Crippen LogP contribution in [0.2, 0.25) is 0 Å². The molecule has 0 bridgehead atoms. The van der Waals surface area contributed by atoms with Crippen molar-refractivity contribution in [3.63, 3.8) is 0 Å². The number of allylic oxidation sites excluding steroid dienone is 3. The number of hydrogen-bond donors (Lipinski definition) is 2. The minimum atomic E-state index is -0.971. The van der Waals surface area contributed by atoms with Gasteiger partial charge < -0.3 is 15.4 Å². The van der Waals surface area contributed by atoms with Crippen LogP contribution in [-0.4, -0.2) is 116 Å². The highest BCUT2D eigenvalue weighted by molar-refractivity contribution is 6.25. The zero-order valence-corrected chi connectivity index (χ0v) is 32.4. The number of ether oxygens (including phenoxy) is 1. The zero-order chi connectivity index (χ0) is 39.7. The maximum Gasteiger partial charge on any atom is 0.264 e. The summed E-state index contributed by atoms with van der Waals surface area (Å²) in [4.78, 5) is 68.5. The summed E-state index contributed by atoms with van der Waals surface area (Å²) in [5.41, 5.74) is 9.63. The third kappa shape index (κ3) is 6.32. The minimum Gasteiger partial charge on any atom is -0.458 e. The average Bonchev–Trinajstić information content (AvgIpc) is 3.70. The second-order valence-electron chi connectivity index (χ2n) is 16.6. The molecular formula is C43H46N10O5. The number of imide groups is 2. The lowest BCUT2D eigenvalue weighted by molar-refractivity contribution is -0.136. The number of nitrogen functional groups attached to an aromatic ring is 1. The molecule has 0 spiro atoms. The molecule has 4 saturated heterocycles. The summed E-state index contributed by atoms with van der Waals surface area (Å²) in [5, 5.41) is 8.33. The summed E-state index contributed by atoms with van der Waals surface area (Å²) in [7, 11) is 0. The molecule has 4 aromatic rings. The van der Waals surface area contributed by atoms with Crippen molar-refractivity contribution in [2.45, 2.75) is 56.7 Å². The molecule has 15 nitrogen and oxygen atoms in total. The van der Waals surface area contributed by atoms with Crippen molar-refractivity contribution in [1.82, 2.24) is 39.8 Å². The predicted molar refractivity (Wildman–Crippen MR) is 215 cm³/mol. The van der Waals surface area contributed by atoms with Gasteiger partial charge in [-0.05, 0) is 61.6 Å². The van der Waals surface area contributed by atoms with E-state index in [4.69, 9.17) is 20.6 Å². The van der Waals surface area contributed by atoms with Gasteiger partial charge >= 0.3 is 0 Å². The molecule has 298 valence electrons. The Labute approximate surface area is 335 Å². The highest BCUT2D eigenvalue weighted by Crippen LogP contribution is 2.40. The molecule has 7 heterocycles. The van der Waals surface area contributed by atoms with Gasteiger partial charge in [0.1, 0.15) is 29.7 Å². The van der Waals surface area contributed by atoms with E-state index < -0.39 is 23.8 Å². The summed E-state index contributed by atoms with van der Waals surface area (Å²) in [6.45, 7) is 8.79. The molecular weight excluding hydrogens is 737 g/mol. The molecule has 4 amide bonds. The number of nitrogens with two attached hydrogens (primary N) is 1. The van der Waals surface area contributed by atoms with Crippen LogP contribution in [0.15, 0.2) is 78.8 Å². The van der Waals surface area contributed by atoms with E-state index in [2.05, 4.69) is 48.8 Å². The molecule has 3 unspecified atom stereocenters. The molecule has 1 aliphatic carbocycles. The number of amides is 4. The van der Waals surface area contributed by atoms with Gasteiger partial charge in [-0.1, -0.05) is 37.3 Å². The molecule has 0 saturated carbocycles. The van der Waals surface area contributed by atoms with Gasteiger partial charge in [-0.3, -0.25) is 39.2 Å². The highest BCUT2D eigenvalue weighted by Gasteiger charge is 2.47. The van der Waals surface area contributed by atoms with Gasteiger partial charge in [0.05, 0.1) is 33.9 Å². The molecule has 3 N–H and O–H groups in total. The lowest BCUT2D eigenvalue weighted by atomic mass is 9.86. The Morgan fingerprint density at radius 2 is 1.69 bits per heavy atom. The van der Waals surface area contributed by atoms with Gasteiger partial charge in [0.2, 0.25) is 11.8 Å². The van der Waals surface area contributed by atoms with Crippen LogP contribution >= 0.6 is 0 Å². The van der Waals surface area contributed by atoms with E-state index in [0.717, 1.165) is 97.5 Å². The quantitative estimate of drug-likeness (QED) is 0.237. The first-order chi connectivity index (χ1) is 28.2. The SMILES string of the molecule is CC1C=C(Oc2ccccc2)C=CC1c1nn(C2CCN(C3CN(CC4CN(c5cccc6c5C(=O)N(C5CCC(=O)NC5=O)C6=O)C4)C3)CC2)c2ncnc(N)c12. The number of para-hydroxylation sites is 1. The van der Waals surface area contributed by atoms with Crippen LogP contribution in [-0.2, 0) is 9.59 Å². The largest absolute Gasteiger partial charge is 0.458 e. The number of hydrogen-bond acceptors (Lipinski definition) is 12. The fraction of sp³-hybridized carbons (Fsp3) is 0.419. The number of anilines is 2. The zero-order valence-electron chi connectivity index (χ0n) is 32.4. The third-order valence-corrected chi connectivity index (χ3v) is 12.9. The van der Waals surface area contributed by atoms with Crippen molar-refractivity contribution in [3.8, 4) is 5.75 Å². The fourth-order valence-corrected chi connectivity index (χ4v) is 9.76. The van der Waals surface area contributed by atoms with E-state index in [9.17, 15) is 19.2 Å². The number of benzene rings is 2. The Morgan fingerprint density at radius 1 is 0.897 bits per heavy atom. The molecule has 2 aromatic heterocycles. The number of aromatic nitrogens is 4. The van der Waals surface area contributed by atoms with Crippen molar-refractivity contribution in [2.75, 3.05) is 56.4 Å².